The third-order valence-corrected chi connectivity index (χ3v) is 3.55. The number of para-hydroxylation sites is 2. The summed E-state index contributed by atoms with van der Waals surface area (Å²) in [5.41, 5.74) is 1.97. The number of rotatable bonds is 3. The maximum atomic E-state index is 12.2. The van der Waals surface area contributed by atoms with Crippen molar-refractivity contribution in [2.75, 3.05) is 5.32 Å². The number of esters is 1. The molecule has 1 aromatic heterocycles. The average Bonchev–Trinajstić information content (AvgIpc) is 2.62. The Morgan fingerprint density at radius 2 is 2.00 bits per heavy atom. The van der Waals surface area contributed by atoms with Gasteiger partial charge >= 0.3 is 5.97 Å². The van der Waals surface area contributed by atoms with E-state index in [0.29, 0.717) is 11.4 Å². The number of hydrogen-bond acceptors (Lipinski definition) is 6. The summed E-state index contributed by atoms with van der Waals surface area (Å²) in [5.74, 6) is -0.774. The van der Waals surface area contributed by atoms with E-state index in [2.05, 4.69) is 15.3 Å². The second kappa shape index (κ2) is 6.94. The molecule has 1 N–H and O–H groups in total. The zero-order valence-electron chi connectivity index (χ0n) is 12.4. The first-order valence-corrected chi connectivity index (χ1v) is 7.38. The molecule has 0 unspecified atom stereocenters. The van der Waals surface area contributed by atoms with Crippen LogP contribution in [0.2, 0.25) is 0 Å². The van der Waals surface area contributed by atoms with E-state index in [0.717, 1.165) is 5.56 Å². The number of nitriles is 1. The van der Waals surface area contributed by atoms with Gasteiger partial charge in [0.1, 0.15) is 18.4 Å². The number of carbonyl (C=O) groups is 1. The first-order valence-electron chi connectivity index (χ1n) is 7.00. The van der Waals surface area contributed by atoms with Gasteiger partial charge in [-0.15, -0.1) is 0 Å². The Balaban J connectivity index is 1.84. The number of ether oxygens (including phenoxy) is 1. The number of nitrogens with zero attached hydrogens (tertiary/aromatic N) is 3. The van der Waals surface area contributed by atoms with Crippen molar-refractivity contribution >= 4 is 34.1 Å². The first-order chi connectivity index (χ1) is 11.7. The summed E-state index contributed by atoms with van der Waals surface area (Å²) >= 11 is 6.11. The lowest BCUT2D eigenvalue weighted by Gasteiger charge is -2.18. The normalized spacial score (nSPS) is 14.6. The number of carbonyl (C=O) groups excluding carboxylic acids is 1. The molecule has 6 nitrogen and oxygen atoms in total. The monoisotopic (exact) mass is 338 g/mol. The van der Waals surface area contributed by atoms with E-state index in [9.17, 15) is 10.1 Å². The number of anilines is 1. The molecule has 0 bridgehead atoms. The maximum Gasteiger partial charge on any atom is 0.351 e. The van der Waals surface area contributed by atoms with E-state index < -0.39 is 5.97 Å². The molecule has 24 heavy (non-hydrogen) atoms. The van der Waals surface area contributed by atoms with Gasteiger partial charge in [0, 0.05) is 12.4 Å². The molecular formula is C17H11ClN4O2. The Morgan fingerprint density at radius 3 is 2.75 bits per heavy atom. The minimum Gasteiger partial charge on any atom is -0.457 e. The van der Waals surface area contributed by atoms with Gasteiger partial charge in [-0.05, 0) is 29.8 Å². The molecule has 1 aliphatic heterocycles. The summed E-state index contributed by atoms with van der Waals surface area (Å²) in [6.07, 6.45) is 3.19. The van der Waals surface area contributed by atoms with E-state index >= 15 is 0 Å². The summed E-state index contributed by atoms with van der Waals surface area (Å²) in [7, 11) is 0. The van der Waals surface area contributed by atoms with Crippen molar-refractivity contribution in [2.24, 2.45) is 4.99 Å². The van der Waals surface area contributed by atoms with Crippen LogP contribution in [0.3, 0.4) is 0 Å². The number of halogens is 1. The van der Waals surface area contributed by atoms with Crippen LogP contribution in [0.25, 0.3) is 0 Å². The molecule has 0 aliphatic carbocycles. The molecule has 1 aromatic carbocycles. The van der Waals surface area contributed by atoms with Gasteiger partial charge in [-0.2, -0.15) is 5.26 Å². The van der Waals surface area contributed by atoms with E-state index in [4.69, 9.17) is 16.3 Å². The second-order valence-electron chi connectivity index (χ2n) is 4.84. The van der Waals surface area contributed by atoms with E-state index in [1.807, 2.05) is 18.2 Å². The predicted molar refractivity (Wildman–Crippen MR) is 89.7 cm³/mol. The Kier molecular flexibility index (Phi) is 4.54. The first kappa shape index (κ1) is 15.7. The number of nitrogens with one attached hydrogen (secondary N) is 1. The fourth-order valence-corrected chi connectivity index (χ4v) is 2.33. The van der Waals surface area contributed by atoms with Crippen LogP contribution in [0, 0.1) is 11.3 Å². The van der Waals surface area contributed by atoms with Crippen LogP contribution >= 0.6 is 11.6 Å². The molecule has 2 heterocycles. The number of hydrogen-bond donors (Lipinski definition) is 1. The van der Waals surface area contributed by atoms with Gasteiger partial charge in [0.2, 0.25) is 0 Å². The van der Waals surface area contributed by atoms with E-state index in [1.54, 1.807) is 36.7 Å². The van der Waals surface area contributed by atoms with Gasteiger partial charge in [0.25, 0.3) is 0 Å². The minimum absolute atomic E-state index is 0.0329. The summed E-state index contributed by atoms with van der Waals surface area (Å²) < 4.78 is 5.17. The molecule has 3 rings (SSSR count). The summed E-state index contributed by atoms with van der Waals surface area (Å²) in [5, 5.41) is 12.3. The molecule has 0 radical (unpaired) electrons. The van der Waals surface area contributed by atoms with Crippen molar-refractivity contribution in [1.29, 1.82) is 5.26 Å². The molecule has 118 valence electrons. The van der Waals surface area contributed by atoms with E-state index in [-0.39, 0.29) is 23.0 Å². The van der Waals surface area contributed by atoms with E-state index in [1.165, 1.54) is 0 Å². The van der Waals surface area contributed by atoms with Crippen molar-refractivity contribution in [2.45, 2.75) is 6.61 Å². The third kappa shape index (κ3) is 3.26. The van der Waals surface area contributed by atoms with Gasteiger partial charge in [-0.3, -0.25) is 4.98 Å². The quantitative estimate of drug-likeness (QED) is 0.527. The number of allylic oxidation sites excluding steroid dienone is 1. The van der Waals surface area contributed by atoms with Crippen LogP contribution in [-0.4, -0.2) is 16.1 Å². The molecule has 0 saturated heterocycles. The fraction of sp³-hybridized carbons (Fsp3) is 0.0588. The maximum absolute atomic E-state index is 12.2. The van der Waals surface area contributed by atoms with Gasteiger partial charge in [-0.25, -0.2) is 9.79 Å². The van der Waals surface area contributed by atoms with Crippen molar-refractivity contribution in [3.8, 4) is 6.07 Å². The highest BCUT2D eigenvalue weighted by Gasteiger charge is 2.24. The second-order valence-corrected chi connectivity index (χ2v) is 5.20. The third-order valence-electron chi connectivity index (χ3n) is 3.27. The predicted octanol–water partition coefficient (Wildman–Crippen LogP) is 3.30. The molecule has 0 atom stereocenters. The fourth-order valence-electron chi connectivity index (χ4n) is 2.09. The lowest BCUT2D eigenvalue weighted by atomic mass is 10.1. The van der Waals surface area contributed by atoms with Crippen molar-refractivity contribution < 1.29 is 9.53 Å². The molecule has 0 saturated carbocycles. The Bertz CT molecular complexity index is 885. The van der Waals surface area contributed by atoms with Crippen LogP contribution < -0.4 is 5.32 Å². The highest BCUT2D eigenvalue weighted by Crippen LogP contribution is 2.32. The van der Waals surface area contributed by atoms with Crippen molar-refractivity contribution in [3.05, 3.63) is 65.6 Å². The highest BCUT2D eigenvalue weighted by atomic mass is 35.5. The average molecular weight is 339 g/mol. The number of pyridine rings is 1. The minimum atomic E-state index is -0.774. The van der Waals surface area contributed by atoms with Crippen LogP contribution in [0.4, 0.5) is 11.4 Å². The van der Waals surface area contributed by atoms with Gasteiger partial charge in [0.15, 0.2) is 10.7 Å². The number of fused-ring (bicyclic) bond motifs is 1. The van der Waals surface area contributed by atoms with Crippen LogP contribution in [0.5, 0.6) is 0 Å². The van der Waals surface area contributed by atoms with Crippen molar-refractivity contribution in [1.82, 2.24) is 4.98 Å². The van der Waals surface area contributed by atoms with Crippen molar-refractivity contribution in [3.63, 3.8) is 0 Å². The molecule has 1 aliphatic rings. The van der Waals surface area contributed by atoms with Gasteiger partial charge in [-0.1, -0.05) is 23.7 Å². The number of benzene rings is 1. The molecular weight excluding hydrogens is 328 g/mol. The zero-order valence-corrected chi connectivity index (χ0v) is 13.1. The Hall–Kier alpha value is -3.17. The SMILES string of the molecule is N#CC(C(=O)OCc1ccncc1)=C1Nc2ccccc2N=C1Cl. The molecule has 7 heteroatoms. The zero-order chi connectivity index (χ0) is 16.9. The standard InChI is InChI=1S/C17H11ClN4O2/c18-16-15(21-13-3-1-2-4-14(13)22-16)12(9-19)17(23)24-10-11-5-7-20-8-6-11/h1-8,21H,10H2. The lowest BCUT2D eigenvalue weighted by molar-refractivity contribution is -0.139. The smallest absolute Gasteiger partial charge is 0.351 e. The van der Waals surface area contributed by atoms with Gasteiger partial charge in [0.05, 0.1) is 11.4 Å². The van der Waals surface area contributed by atoms with Crippen LogP contribution in [0.15, 0.2) is 65.1 Å². The van der Waals surface area contributed by atoms with Gasteiger partial charge < -0.3 is 10.1 Å². The number of aliphatic imine (C=N–C) groups is 1. The van der Waals surface area contributed by atoms with Crippen LogP contribution in [-0.2, 0) is 16.1 Å². The molecule has 0 amide bonds. The Morgan fingerprint density at radius 1 is 1.25 bits per heavy atom. The number of aromatic nitrogens is 1. The van der Waals surface area contributed by atoms with Crippen LogP contribution in [0.1, 0.15) is 5.56 Å². The highest BCUT2D eigenvalue weighted by molar-refractivity contribution is 6.70. The summed E-state index contributed by atoms with van der Waals surface area (Å²) in [4.78, 5) is 20.3. The lowest BCUT2D eigenvalue weighted by Crippen LogP contribution is -2.18. The molecule has 0 spiro atoms. The topological polar surface area (TPSA) is 87.4 Å². The summed E-state index contributed by atoms with van der Waals surface area (Å²) in [6.45, 7) is 0.0329. The largest absolute Gasteiger partial charge is 0.457 e. The Labute approximate surface area is 143 Å². The molecule has 2 aromatic rings. The molecule has 0 fully saturated rings. The summed E-state index contributed by atoms with van der Waals surface area (Å²) in [6, 6.07) is 12.4.